The van der Waals surface area contributed by atoms with E-state index in [1.165, 1.54) is 0 Å². The van der Waals surface area contributed by atoms with Gasteiger partial charge in [0, 0.05) is 25.6 Å². The number of nitrogens with one attached hydrogen (secondary N) is 1. The minimum absolute atomic E-state index is 0.0563. The number of hydrogen-bond donors (Lipinski definition) is 2. The quantitative estimate of drug-likeness (QED) is 0.774. The molecule has 0 unspecified atom stereocenters. The van der Waals surface area contributed by atoms with Crippen LogP contribution in [0, 0.1) is 0 Å². The molecule has 20 heavy (non-hydrogen) atoms. The van der Waals surface area contributed by atoms with Gasteiger partial charge >= 0.3 is 0 Å². The number of rotatable bonds is 6. The van der Waals surface area contributed by atoms with Gasteiger partial charge in [-0.1, -0.05) is 20.8 Å². The number of nitrogens with zero attached hydrogens (tertiary/aromatic N) is 1. The Bertz CT molecular complexity index is 332. The van der Waals surface area contributed by atoms with Crippen molar-refractivity contribution in [2.45, 2.75) is 70.9 Å². The molecule has 2 amide bonds. The van der Waals surface area contributed by atoms with E-state index in [1.54, 1.807) is 0 Å². The number of amides is 2. The van der Waals surface area contributed by atoms with Crippen molar-refractivity contribution in [3.63, 3.8) is 0 Å². The van der Waals surface area contributed by atoms with E-state index >= 15 is 0 Å². The Balaban J connectivity index is 2.46. The molecule has 1 saturated heterocycles. The van der Waals surface area contributed by atoms with E-state index < -0.39 is 5.54 Å². The zero-order valence-corrected chi connectivity index (χ0v) is 13.1. The van der Waals surface area contributed by atoms with Crippen LogP contribution < -0.4 is 11.1 Å². The molecule has 1 aliphatic heterocycles. The van der Waals surface area contributed by atoms with Gasteiger partial charge in [0.1, 0.15) is 0 Å². The summed E-state index contributed by atoms with van der Waals surface area (Å²) in [6.07, 6.45) is 4.42. The zero-order valence-electron chi connectivity index (χ0n) is 13.1. The summed E-state index contributed by atoms with van der Waals surface area (Å²) in [7, 11) is 0. The van der Waals surface area contributed by atoms with Gasteiger partial charge in [-0.05, 0) is 32.1 Å². The summed E-state index contributed by atoms with van der Waals surface area (Å²) in [5.41, 5.74) is 5.44. The van der Waals surface area contributed by atoms with Crippen LogP contribution >= 0.6 is 0 Å². The van der Waals surface area contributed by atoms with Gasteiger partial charge < -0.3 is 16.0 Å². The molecule has 3 N–H and O–H groups in total. The summed E-state index contributed by atoms with van der Waals surface area (Å²) in [5.74, 6) is 0.174. The Morgan fingerprint density at radius 2 is 1.75 bits per heavy atom. The van der Waals surface area contributed by atoms with Crippen molar-refractivity contribution < 1.29 is 9.59 Å². The highest BCUT2D eigenvalue weighted by Gasteiger charge is 2.35. The van der Waals surface area contributed by atoms with E-state index in [9.17, 15) is 9.59 Å². The maximum Gasteiger partial charge on any atom is 0.242 e. The first-order chi connectivity index (χ1) is 9.46. The number of likely N-dealkylation sites (tertiary alicyclic amines) is 1. The average molecular weight is 283 g/mol. The molecule has 0 atom stereocenters. The standard InChI is InChI=1S/C15H29N3O2/c1-4-7-13(19)17-12-8-10-18(11-9-12)14(20)15(16,5-2)6-3/h12H,4-11,16H2,1-3H3,(H,17,19). The van der Waals surface area contributed by atoms with Crippen molar-refractivity contribution in [2.24, 2.45) is 5.73 Å². The molecule has 0 saturated carbocycles. The molecule has 1 heterocycles. The fourth-order valence-electron chi connectivity index (χ4n) is 2.62. The van der Waals surface area contributed by atoms with Gasteiger partial charge in [0.25, 0.3) is 0 Å². The minimum Gasteiger partial charge on any atom is -0.353 e. The molecule has 1 aliphatic rings. The first kappa shape index (κ1) is 17.0. The molecule has 5 heteroatoms. The van der Waals surface area contributed by atoms with Crippen LogP contribution in [0.15, 0.2) is 0 Å². The van der Waals surface area contributed by atoms with E-state index in [1.807, 2.05) is 25.7 Å². The summed E-state index contributed by atoms with van der Waals surface area (Å²) >= 11 is 0. The summed E-state index contributed by atoms with van der Waals surface area (Å²) in [6.45, 7) is 7.29. The van der Waals surface area contributed by atoms with Crippen LogP contribution in [-0.4, -0.2) is 41.4 Å². The lowest BCUT2D eigenvalue weighted by atomic mass is 9.91. The summed E-state index contributed by atoms with van der Waals surface area (Å²) in [6, 6.07) is 0.202. The van der Waals surface area contributed by atoms with Gasteiger partial charge in [-0.2, -0.15) is 0 Å². The first-order valence-corrected chi connectivity index (χ1v) is 7.84. The molecule has 0 aliphatic carbocycles. The zero-order chi connectivity index (χ0) is 15.2. The van der Waals surface area contributed by atoms with E-state index in [0.29, 0.717) is 32.4 Å². The van der Waals surface area contributed by atoms with Crippen molar-refractivity contribution >= 4 is 11.8 Å². The third-order valence-corrected chi connectivity index (χ3v) is 4.31. The molecule has 1 rings (SSSR count). The third kappa shape index (κ3) is 4.20. The number of hydrogen-bond acceptors (Lipinski definition) is 3. The van der Waals surface area contributed by atoms with Crippen LogP contribution in [0.1, 0.15) is 59.3 Å². The largest absolute Gasteiger partial charge is 0.353 e. The van der Waals surface area contributed by atoms with Crippen molar-refractivity contribution in [2.75, 3.05) is 13.1 Å². The van der Waals surface area contributed by atoms with Crippen molar-refractivity contribution in [1.29, 1.82) is 0 Å². The molecule has 0 aromatic heterocycles. The number of piperidine rings is 1. The smallest absolute Gasteiger partial charge is 0.242 e. The van der Waals surface area contributed by atoms with Crippen LogP contribution in [0.5, 0.6) is 0 Å². The van der Waals surface area contributed by atoms with Crippen molar-refractivity contribution in [3.8, 4) is 0 Å². The van der Waals surface area contributed by atoms with Gasteiger partial charge in [-0.25, -0.2) is 0 Å². The van der Waals surface area contributed by atoms with E-state index in [4.69, 9.17) is 5.73 Å². The molecule has 0 radical (unpaired) electrons. The Hall–Kier alpha value is -1.10. The Morgan fingerprint density at radius 3 is 2.20 bits per heavy atom. The first-order valence-electron chi connectivity index (χ1n) is 7.84. The van der Waals surface area contributed by atoms with Crippen LogP contribution in [0.25, 0.3) is 0 Å². The SMILES string of the molecule is CCCC(=O)NC1CCN(C(=O)C(N)(CC)CC)CC1. The molecule has 0 aromatic rings. The highest BCUT2D eigenvalue weighted by atomic mass is 16.2. The van der Waals surface area contributed by atoms with Crippen molar-refractivity contribution in [1.82, 2.24) is 10.2 Å². The molecule has 1 fully saturated rings. The molecule has 116 valence electrons. The maximum atomic E-state index is 12.4. The normalized spacial score (nSPS) is 17.1. The van der Waals surface area contributed by atoms with Gasteiger partial charge in [0.2, 0.25) is 11.8 Å². The minimum atomic E-state index is -0.724. The Kier molecular flexibility index (Phi) is 6.46. The van der Waals surface area contributed by atoms with E-state index in [-0.39, 0.29) is 17.9 Å². The summed E-state index contributed by atoms with van der Waals surface area (Å²) in [4.78, 5) is 25.9. The second-order valence-corrected chi connectivity index (χ2v) is 5.75. The van der Waals surface area contributed by atoms with Gasteiger partial charge in [0.15, 0.2) is 0 Å². The van der Waals surface area contributed by atoms with E-state index in [0.717, 1.165) is 19.3 Å². The number of carbonyl (C=O) groups excluding carboxylic acids is 2. The number of nitrogens with two attached hydrogens (primary N) is 1. The van der Waals surface area contributed by atoms with Crippen LogP contribution in [0.3, 0.4) is 0 Å². The van der Waals surface area contributed by atoms with Crippen LogP contribution in [-0.2, 0) is 9.59 Å². The Morgan fingerprint density at radius 1 is 1.20 bits per heavy atom. The average Bonchev–Trinajstić information content (AvgIpc) is 2.46. The molecule has 0 aromatic carbocycles. The predicted octanol–water partition coefficient (Wildman–Crippen LogP) is 1.41. The molecular formula is C15H29N3O2. The van der Waals surface area contributed by atoms with E-state index in [2.05, 4.69) is 5.32 Å². The second kappa shape index (κ2) is 7.62. The third-order valence-electron chi connectivity index (χ3n) is 4.31. The van der Waals surface area contributed by atoms with Gasteiger partial charge in [-0.15, -0.1) is 0 Å². The lowest BCUT2D eigenvalue weighted by Crippen LogP contribution is -2.57. The van der Waals surface area contributed by atoms with Crippen LogP contribution in [0.4, 0.5) is 0 Å². The summed E-state index contributed by atoms with van der Waals surface area (Å²) in [5, 5.41) is 3.04. The van der Waals surface area contributed by atoms with Gasteiger partial charge in [-0.3, -0.25) is 9.59 Å². The maximum absolute atomic E-state index is 12.4. The molecular weight excluding hydrogens is 254 g/mol. The monoisotopic (exact) mass is 283 g/mol. The number of carbonyl (C=O) groups is 2. The second-order valence-electron chi connectivity index (χ2n) is 5.75. The lowest BCUT2D eigenvalue weighted by Gasteiger charge is -2.37. The van der Waals surface area contributed by atoms with Crippen LogP contribution in [0.2, 0.25) is 0 Å². The van der Waals surface area contributed by atoms with Crippen molar-refractivity contribution in [3.05, 3.63) is 0 Å². The topological polar surface area (TPSA) is 75.4 Å². The van der Waals surface area contributed by atoms with Gasteiger partial charge in [0.05, 0.1) is 5.54 Å². The fourth-order valence-corrected chi connectivity index (χ4v) is 2.62. The highest BCUT2D eigenvalue weighted by molar-refractivity contribution is 5.86. The fraction of sp³-hybridized carbons (Fsp3) is 0.867. The predicted molar refractivity (Wildman–Crippen MR) is 80.2 cm³/mol. The molecule has 0 spiro atoms. The highest BCUT2D eigenvalue weighted by Crippen LogP contribution is 2.19. The summed E-state index contributed by atoms with van der Waals surface area (Å²) < 4.78 is 0. The molecule has 0 bridgehead atoms. The Labute approximate surface area is 122 Å². The molecule has 5 nitrogen and oxygen atoms in total. The lowest BCUT2D eigenvalue weighted by molar-refractivity contribution is -0.138.